The highest BCUT2D eigenvalue weighted by atomic mass is 32.2. The van der Waals surface area contributed by atoms with E-state index in [0.29, 0.717) is 13.1 Å². The molecule has 0 saturated heterocycles. The van der Waals surface area contributed by atoms with Crippen molar-refractivity contribution >= 4 is 17.7 Å². The summed E-state index contributed by atoms with van der Waals surface area (Å²) in [5.74, 6) is 0.924. The third-order valence-electron chi connectivity index (χ3n) is 2.74. The molecule has 0 aliphatic heterocycles. The third kappa shape index (κ3) is 4.70. The lowest BCUT2D eigenvalue weighted by Crippen LogP contribution is -2.37. The Morgan fingerprint density at radius 3 is 2.61 bits per heavy atom. The van der Waals surface area contributed by atoms with Gasteiger partial charge in [0.1, 0.15) is 0 Å². The summed E-state index contributed by atoms with van der Waals surface area (Å²) in [5, 5.41) is 9.08. The SMILES string of the molecule is CSC[C@@H](C)C(=O)N(CCO)Cc1ccccc1. The van der Waals surface area contributed by atoms with Gasteiger partial charge in [0, 0.05) is 24.8 Å². The highest BCUT2D eigenvalue weighted by molar-refractivity contribution is 7.98. The Morgan fingerprint density at radius 1 is 1.39 bits per heavy atom. The molecule has 0 saturated carbocycles. The zero-order valence-electron chi connectivity index (χ0n) is 11.0. The second-order valence-corrected chi connectivity index (χ2v) is 5.24. The molecule has 0 heterocycles. The molecule has 0 fully saturated rings. The Bertz CT molecular complexity index is 356. The van der Waals surface area contributed by atoms with E-state index < -0.39 is 0 Å². The van der Waals surface area contributed by atoms with Crippen LogP contribution in [0.15, 0.2) is 30.3 Å². The summed E-state index contributed by atoms with van der Waals surface area (Å²) >= 11 is 1.67. The Morgan fingerprint density at radius 2 is 2.06 bits per heavy atom. The van der Waals surface area contributed by atoms with Gasteiger partial charge in [0.25, 0.3) is 0 Å². The summed E-state index contributed by atoms with van der Waals surface area (Å²) in [6.07, 6.45) is 2.00. The number of thioether (sulfide) groups is 1. The van der Waals surface area contributed by atoms with Crippen LogP contribution in [0.3, 0.4) is 0 Å². The van der Waals surface area contributed by atoms with Crippen molar-refractivity contribution in [2.45, 2.75) is 13.5 Å². The molecule has 0 aliphatic carbocycles. The minimum absolute atomic E-state index is 0.00439. The van der Waals surface area contributed by atoms with Crippen LogP contribution in [0.1, 0.15) is 12.5 Å². The predicted octanol–water partition coefficient (Wildman–Crippen LogP) is 2.01. The fraction of sp³-hybridized carbons (Fsp3) is 0.500. The van der Waals surface area contributed by atoms with E-state index in [1.165, 1.54) is 0 Å². The number of hydrogen-bond acceptors (Lipinski definition) is 3. The molecule has 1 aromatic rings. The smallest absolute Gasteiger partial charge is 0.226 e. The molecule has 0 aromatic heterocycles. The zero-order valence-corrected chi connectivity index (χ0v) is 11.8. The number of amides is 1. The van der Waals surface area contributed by atoms with E-state index in [-0.39, 0.29) is 18.4 Å². The standard InChI is InChI=1S/C14H21NO2S/c1-12(11-18-2)14(17)15(8-9-16)10-13-6-4-3-5-7-13/h3-7,12,16H,8-11H2,1-2H3/t12-/m1/s1. The summed E-state index contributed by atoms with van der Waals surface area (Å²) < 4.78 is 0. The van der Waals surface area contributed by atoms with E-state index in [4.69, 9.17) is 5.11 Å². The highest BCUT2D eigenvalue weighted by Crippen LogP contribution is 2.12. The fourth-order valence-corrected chi connectivity index (χ4v) is 2.47. The van der Waals surface area contributed by atoms with Crippen LogP contribution in [-0.2, 0) is 11.3 Å². The van der Waals surface area contributed by atoms with Crippen LogP contribution >= 0.6 is 11.8 Å². The summed E-state index contributed by atoms with van der Waals surface area (Å²) in [6.45, 7) is 2.91. The van der Waals surface area contributed by atoms with Crippen molar-refractivity contribution in [3.05, 3.63) is 35.9 Å². The molecule has 0 bridgehead atoms. The van der Waals surface area contributed by atoms with Gasteiger partial charge in [-0.25, -0.2) is 0 Å². The van der Waals surface area contributed by atoms with Gasteiger partial charge >= 0.3 is 0 Å². The lowest BCUT2D eigenvalue weighted by molar-refractivity contribution is -0.135. The lowest BCUT2D eigenvalue weighted by Gasteiger charge is -2.25. The number of carbonyl (C=O) groups excluding carboxylic acids is 1. The largest absolute Gasteiger partial charge is 0.395 e. The van der Waals surface area contributed by atoms with E-state index in [1.807, 2.05) is 43.5 Å². The van der Waals surface area contributed by atoms with Crippen LogP contribution < -0.4 is 0 Å². The summed E-state index contributed by atoms with van der Waals surface area (Å²) in [5.41, 5.74) is 1.09. The van der Waals surface area contributed by atoms with E-state index in [2.05, 4.69) is 0 Å². The maximum Gasteiger partial charge on any atom is 0.226 e. The van der Waals surface area contributed by atoms with Crippen molar-refractivity contribution in [1.82, 2.24) is 4.90 Å². The highest BCUT2D eigenvalue weighted by Gasteiger charge is 2.19. The Kier molecular flexibility index (Phi) is 6.83. The zero-order chi connectivity index (χ0) is 13.4. The minimum Gasteiger partial charge on any atom is -0.395 e. The first-order valence-electron chi connectivity index (χ1n) is 6.11. The number of benzene rings is 1. The van der Waals surface area contributed by atoms with Gasteiger partial charge in [-0.15, -0.1) is 0 Å². The molecular weight excluding hydrogens is 246 g/mol. The molecule has 4 heteroatoms. The number of carbonyl (C=O) groups is 1. The summed E-state index contributed by atoms with van der Waals surface area (Å²) in [6, 6.07) is 9.87. The molecule has 1 atom stereocenters. The van der Waals surface area contributed by atoms with Crippen molar-refractivity contribution in [2.24, 2.45) is 5.92 Å². The molecule has 1 aromatic carbocycles. The summed E-state index contributed by atoms with van der Waals surface area (Å²) in [7, 11) is 0. The van der Waals surface area contributed by atoms with E-state index in [9.17, 15) is 4.79 Å². The number of hydrogen-bond donors (Lipinski definition) is 1. The van der Waals surface area contributed by atoms with Crippen LogP contribution in [-0.4, -0.2) is 41.1 Å². The van der Waals surface area contributed by atoms with Crippen LogP contribution in [0, 0.1) is 5.92 Å². The number of aliphatic hydroxyl groups excluding tert-OH is 1. The molecule has 18 heavy (non-hydrogen) atoms. The minimum atomic E-state index is -0.00439. The van der Waals surface area contributed by atoms with Gasteiger partial charge in [-0.3, -0.25) is 4.79 Å². The van der Waals surface area contributed by atoms with E-state index in [0.717, 1.165) is 11.3 Å². The average molecular weight is 267 g/mol. The molecule has 0 aliphatic rings. The molecule has 0 unspecified atom stereocenters. The second kappa shape index (κ2) is 8.16. The molecule has 0 radical (unpaired) electrons. The molecule has 0 spiro atoms. The predicted molar refractivity (Wildman–Crippen MR) is 76.5 cm³/mol. The van der Waals surface area contributed by atoms with Crippen molar-refractivity contribution < 1.29 is 9.90 Å². The van der Waals surface area contributed by atoms with Gasteiger partial charge in [0.15, 0.2) is 0 Å². The topological polar surface area (TPSA) is 40.5 Å². The Labute approximate surface area is 113 Å². The van der Waals surface area contributed by atoms with Gasteiger partial charge in [-0.2, -0.15) is 11.8 Å². The summed E-state index contributed by atoms with van der Waals surface area (Å²) in [4.78, 5) is 14.0. The van der Waals surface area contributed by atoms with Crippen LogP contribution in [0.25, 0.3) is 0 Å². The van der Waals surface area contributed by atoms with Gasteiger partial charge in [0.05, 0.1) is 6.61 Å². The fourth-order valence-electron chi connectivity index (χ4n) is 1.82. The Hall–Kier alpha value is -1.00. The van der Waals surface area contributed by atoms with Gasteiger partial charge in [-0.1, -0.05) is 37.3 Å². The number of rotatable bonds is 7. The normalized spacial score (nSPS) is 12.2. The van der Waals surface area contributed by atoms with E-state index >= 15 is 0 Å². The number of nitrogens with zero attached hydrogens (tertiary/aromatic N) is 1. The van der Waals surface area contributed by atoms with Gasteiger partial charge in [-0.05, 0) is 11.8 Å². The maximum absolute atomic E-state index is 12.2. The first-order valence-corrected chi connectivity index (χ1v) is 7.51. The Balaban J connectivity index is 2.67. The van der Waals surface area contributed by atoms with Crippen molar-refractivity contribution in [3.8, 4) is 0 Å². The van der Waals surface area contributed by atoms with Crippen molar-refractivity contribution in [3.63, 3.8) is 0 Å². The molecule has 1 rings (SSSR count). The molecule has 1 N–H and O–H groups in total. The van der Waals surface area contributed by atoms with Crippen molar-refractivity contribution in [2.75, 3.05) is 25.2 Å². The second-order valence-electron chi connectivity index (χ2n) is 4.33. The quantitative estimate of drug-likeness (QED) is 0.821. The lowest BCUT2D eigenvalue weighted by atomic mass is 10.1. The monoisotopic (exact) mass is 267 g/mol. The first-order chi connectivity index (χ1) is 8.69. The maximum atomic E-state index is 12.2. The van der Waals surface area contributed by atoms with Crippen LogP contribution in [0.5, 0.6) is 0 Å². The van der Waals surface area contributed by atoms with Crippen LogP contribution in [0.2, 0.25) is 0 Å². The number of aliphatic hydroxyl groups is 1. The van der Waals surface area contributed by atoms with Gasteiger partial charge < -0.3 is 10.0 Å². The van der Waals surface area contributed by atoms with Crippen LogP contribution in [0.4, 0.5) is 0 Å². The average Bonchev–Trinajstić information content (AvgIpc) is 2.39. The van der Waals surface area contributed by atoms with E-state index in [1.54, 1.807) is 16.7 Å². The molecule has 100 valence electrons. The molecule has 1 amide bonds. The molecular formula is C14H21NO2S. The molecule has 3 nitrogen and oxygen atoms in total. The first kappa shape index (κ1) is 15.1. The third-order valence-corrected chi connectivity index (χ3v) is 3.57. The van der Waals surface area contributed by atoms with Crippen molar-refractivity contribution in [1.29, 1.82) is 0 Å². The van der Waals surface area contributed by atoms with Gasteiger partial charge in [0.2, 0.25) is 5.91 Å².